The van der Waals surface area contributed by atoms with Crippen molar-refractivity contribution in [2.75, 3.05) is 20.2 Å². The highest BCUT2D eigenvalue weighted by molar-refractivity contribution is 5.79. The van der Waals surface area contributed by atoms with Crippen LogP contribution in [0.15, 0.2) is 48.0 Å². The van der Waals surface area contributed by atoms with E-state index in [0.29, 0.717) is 6.54 Å². The van der Waals surface area contributed by atoms with Gasteiger partial charge in [-0.1, -0.05) is 18.2 Å². The molecule has 1 atom stereocenters. The molecular weight excluding hydrogens is 302 g/mol. The minimum Gasteiger partial charge on any atom is -0.373 e. The van der Waals surface area contributed by atoms with E-state index in [9.17, 15) is 0 Å². The molecule has 0 aliphatic carbocycles. The third-order valence-corrected chi connectivity index (χ3v) is 4.37. The average Bonchev–Trinajstić information content (AvgIpc) is 3.27. The number of imidazole rings is 1. The molecule has 1 aliphatic rings. The van der Waals surface area contributed by atoms with Crippen LogP contribution >= 0.6 is 0 Å². The summed E-state index contributed by atoms with van der Waals surface area (Å²) in [7, 11) is 1.79. The van der Waals surface area contributed by atoms with Crippen molar-refractivity contribution >= 4 is 5.96 Å². The Morgan fingerprint density at radius 3 is 2.96 bits per heavy atom. The van der Waals surface area contributed by atoms with Gasteiger partial charge in [0.2, 0.25) is 0 Å². The third kappa shape index (κ3) is 3.94. The number of nitrogens with zero attached hydrogens (tertiary/aromatic N) is 3. The van der Waals surface area contributed by atoms with E-state index in [1.807, 2.05) is 29.2 Å². The van der Waals surface area contributed by atoms with Gasteiger partial charge in [0.05, 0.1) is 17.6 Å². The minimum atomic E-state index is -0.0909. The first-order valence-corrected chi connectivity index (χ1v) is 8.35. The van der Waals surface area contributed by atoms with Gasteiger partial charge in [-0.05, 0) is 31.4 Å². The number of aliphatic imine (C=N–C) groups is 1. The van der Waals surface area contributed by atoms with E-state index in [0.717, 1.165) is 37.6 Å². The summed E-state index contributed by atoms with van der Waals surface area (Å²) >= 11 is 0. The van der Waals surface area contributed by atoms with E-state index >= 15 is 0 Å². The first-order chi connectivity index (χ1) is 11.7. The summed E-state index contributed by atoms with van der Waals surface area (Å²) in [6.07, 6.45) is 7.75. The van der Waals surface area contributed by atoms with Crippen molar-refractivity contribution < 1.29 is 4.74 Å². The molecule has 2 N–H and O–H groups in total. The van der Waals surface area contributed by atoms with Gasteiger partial charge < -0.3 is 19.9 Å². The molecule has 3 rings (SSSR count). The summed E-state index contributed by atoms with van der Waals surface area (Å²) in [5, 5.41) is 6.75. The van der Waals surface area contributed by atoms with Crippen molar-refractivity contribution in [2.24, 2.45) is 4.99 Å². The lowest BCUT2D eigenvalue weighted by molar-refractivity contribution is 0.0243. The molecule has 1 fully saturated rings. The van der Waals surface area contributed by atoms with E-state index in [-0.39, 0.29) is 5.60 Å². The Morgan fingerprint density at radius 1 is 1.38 bits per heavy atom. The highest BCUT2D eigenvalue weighted by Crippen LogP contribution is 2.23. The predicted octanol–water partition coefficient (Wildman–Crippen LogP) is 2.11. The standard InChI is InChI=1S/C18H25N5O/c1-18(8-5-11-24-18)13-22-17(19-2)21-12-15-6-3-4-7-16(15)23-10-9-20-14-23/h3-4,6-7,9-10,14H,5,8,11-13H2,1-2H3,(H2,19,21,22). The Morgan fingerprint density at radius 2 is 2.25 bits per heavy atom. The van der Waals surface area contributed by atoms with Gasteiger partial charge >= 0.3 is 0 Å². The zero-order valence-electron chi connectivity index (χ0n) is 14.3. The molecule has 128 valence electrons. The van der Waals surface area contributed by atoms with Gasteiger partial charge in [-0.3, -0.25) is 4.99 Å². The monoisotopic (exact) mass is 327 g/mol. The van der Waals surface area contributed by atoms with Gasteiger partial charge in [-0.25, -0.2) is 4.98 Å². The van der Waals surface area contributed by atoms with Crippen LogP contribution in [0.3, 0.4) is 0 Å². The summed E-state index contributed by atoms with van der Waals surface area (Å²) < 4.78 is 7.83. The second kappa shape index (κ2) is 7.49. The van der Waals surface area contributed by atoms with E-state index in [1.165, 1.54) is 5.56 Å². The molecule has 0 saturated carbocycles. The molecule has 1 aliphatic heterocycles. The molecule has 0 amide bonds. The van der Waals surface area contributed by atoms with Crippen LogP contribution in [0.4, 0.5) is 0 Å². The van der Waals surface area contributed by atoms with Crippen LogP contribution in [0.2, 0.25) is 0 Å². The largest absolute Gasteiger partial charge is 0.373 e. The number of nitrogens with one attached hydrogen (secondary N) is 2. The highest BCUT2D eigenvalue weighted by atomic mass is 16.5. The van der Waals surface area contributed by atoms with E-state index in [1.54, 1.807) is 13.2 Å². The highest BCUT2D eigenvalue weighted by Gasteiger charge is 2.29. The number of rotatable bonds is 5. The first kappa shape index (κ1) is 16.5. The lowest BCUT2D eigenvalue weighted by Crippen LogP contribution is -2.45. The number of para-hydroxylation sites is 1. The van der Waals surface area contributed by atoms with E-state index in [4.69, 9.17) is 4.74 Å². The average molecular weight is 327 g/mol. The Labute approximate surface area is 143 Å². The molecular formula is C18H25N5O. The SMILES string of the molecule is CN=C(NCc1ccccc1-n1ccnc1)NCC1(C)CCCO1. The van der Waals surface area contributed by atoms with Crippen molar-refractivity contribution in [3.05, 3.63) is 48.5 Å². The van der Waals surface area contributed by atoms with Crippen molar-refractivity contribution in [1.29, 1.82) is 0 Å². The van der Waals surface area contributed by atoms with Crippen LogP contribution in [0.5, 0.6) is 0 Å². The van der Waals surface area contributed by atoms with Gasteiger partial charge in [0.1, 0.15) is 0 Å². The van der Waals surface area contributed by atoms with Gasteiger partial charge in [-0.15, -0.1) is 0 Å². The summed E-state index contributed by atoms with van der Waals surface area (Å²) in [6, 6.07) is 8.27. The summed E-state index contributed by atoms with van der Waals surface area (Å²) in [5.74, 6) is 0.784. The maximum atomic E-state index is 5.81. The molecule has 1 aromatic carbocycles. The topological polar surface area (TPSA) is 63.5 Å². The van der Waals surface area contributed by atoms with Gasteiger partial charge in [0, 0.05) is 39.1 Å². The Balaban J connectivity index is 1.60. The predicted molar refractivity (Wildman–Crippen MR) is 95.4 cm³/mol. The van der Waals surface area contributed by atoms with Crippen LogP contribution in [-0.4, -0.2) is 41.3 Å². The molecule has 1 saturated heterocycles. The van der Waals surface area contributed by atoms with Crippen LogP contribution in [0.1, 0.15) is 25.3 Å². The van der Waals surface area contributed by atoms with Gasteiger partial charge in [0.25, 0.3) is 0 Å². The number of hydrogen-bond acceptors (Lipinski definition) is 3. The van der Waals surface area contributed by atoms with Crippen molar-refractivity contribution in [1.82, 2.24) is 20.2 Å². The molecule has 1 unspecified atom stereocenters. The molecule has 6 nitrogen and oxygen atoms in total. The lowest BCUT2D eigenvalue weighted by Gasteiger charge is -2.24. The molecule has 2 aromatic rings. The third-order valence-electron chi connectivity index (χ3n) is 4.37. The molecule has 6 heteroatoms. The fraction of sp³-hybridized carbons (Fsp3) is 0.444. The maximum Gasteiger partial charge on any atom is 0.191 e. The summed E-state index contributed by atoms with van der Waals surface area (Å²) in [5.41, 5.74) is 2.21. The lowest BCUT2D eigenvalue weighted by atomic mass is 10.0. The Bertz CT molecular complexity index is 674. The van der Waals surface area contributed by atoms with E-state index in [2.05, 4.69) is 39.7 Å². The number of hydrogen-bond donors (Lipinski definition) is 2. The number of benzene rings is 1. The second-order valence-electron chi connectivity index (χ2n) is 6.28. The fourth-order valence-corrected chi connectivity index (χ4v) is 2.96. The first-order valence-electron chi connectivity index (χ1n) is 8.35. The van der Waals surface area contributed by atoms with Crippen LogP contribution in [0.25, 0.3) is 5.69 Å². The zero-order valence-corrected chi connectivity index (χ0v) is 14.3. The molecule has 0 spiro atoms. The quantitative estimate of drug-likeness (QED) is 0.652. The van der Waals surface area contributed by atoms with Crippen molar-refractivity contribution in [3.8, 4) is 5.69 Å². The molecule has 2 heterocycles. The fourth-order valence-electron chi connectivity index (χ4n) is 2.96. The molecule has 24 heavy (non-hydrogen) atoms. The van der Waals surface area contributed by atoms with Crippen LogP contribution in [-0.2, 0) is 11.3 Å². The number of guanidine groups is 1. The normalized spacial score (nSPS) is 21.0. The second-order valence-corrected chi connectivity index (χ2v) is 6.28. The zero-order chi connectivity index (χ0) is 16.8. The van der Waals surface area contributed by atoms with E-state index < -0.39 is 0 Å². The van der Waals surface area contributed by atoms with Crippen molar-refractivity contribution in [3.63, 3.8) is 0 Å². The van der Waals surface area contributed by atoms with Crippen molar-refractivity contribution in [2.45, 2.75) is 31.9 Å². The number of ether oxygens (including phenoxy) is 1. The van der Waals surface area contributed by atoms with Crippen LogP contribution in [0, 0.1) is 0 Å². The maximum absolute atomic E-state index is 5.81. The number of aromatic nitrogens is 2. The Hall–Kier alpha value is -2.34. The smallest absolute Gasteiger partial charge is 0.191 e. The van der Waals surface area contributed by atoms with Crippen LogP contribution < -0.4 is 10.6 Å². The minimum absolute atomic E-state index is 0.0909. The summed E-state index contributed by atoms with van der Waals surface area (Å²) in [6.45, 7) is 4.44. The Kier molecular flexibility index (Phi) is 5.15. The molecule has 0 radical (unpaired) electrons. The van der Waals surface area contributed by atoms with Gasteiger partial charge in [0.15, 0.2) is 5.96 Å². The molecule has 1 aromatic heterocycles. The summed E-state index contributed by atoms with van der Waals surface area (Å²) in [4.78, 5) is 8.43. The molecule has 0 bridgehead atoms. The van der Waals surface area contributed by atoms with Gasteiger partial charge in [-0.2, -0.15) is 0 Å².